The Hall–Kier alpha value is -4.67. The largest absolute Gasteiger partial charge is 0.508 e. The Morgan fingerprint density at radius 2 is 2.06 bits per heavy atom. The molecule has 4 aliphatic heterocycles. The second kappa shape index (κ2) is 12.0. The number of phenols is 1. The summed E-state index contributed by atoms with van der Waals surface area (Å²) in [5.74, 6) is -0.240. The van der Waals surface area contributed by atoms with Crippen molar-refractivity contribution in [2.75, 3.05) is 44.7 Å². The number of aromatic nitrogens is 3. The number of nitrogens with one attached hydrogen (secondary N) is 1. The van der Waals surface area contributed by atoms with Crippen LogP contribution in [0.1, 0.15) is 55.1 Å². The summed E-state index contributed by atoms with van der Waals surface area (Å²) in [6, 6.07) is 4.78. The summed E-state index contributed by atoms with van der Waals surface area (Å²) in [5.41, 5.74) is -2.24. The maximum absolute atomic E-state index is 17.3. The number of ether oxygens (including phenoxy) is 2. The maximum atomic E-state index is 17.3. The number of phenolic OH excluding ortho intramolecular Hbond substituents is 1. The fraction of sp³-hybridized carbons (Fsp3) is 0.432. The van der Waals surface area contributed by atoms with Gasteiger partial charge in [-0.3, -0.25) is 4.90 Å². The first kappa shape index (κ1) is 29.1. The van der Waals surface area contributed by atoms with Crippen molar-refractivity contribution in [3.05, 3.63) is 53.1 Å². The van der Waals surface area contributed by atoms with Gasteiger partial charge in [0.15, 0.2) is 5.82 Å². The molecule has 2 unspecified atom stereocenters. The molecule has 260 valence electrons. The van der Waals surface area contributed by atoms with Crippen LogP contribution in [-0.2, 0) is 0 Å². The van der Waals surface area contributed by atoms with E-state index in [-0.39, 0.29) is 81.6 Å². The maximum Gasteiger partial charge on any atom is 0.319 e. The molecule has 4 saturated heterocycles. The molecule has 6 heterocycles. The van der Waals surface area contributed by atoms with E-state index in [0.717, 1.165) is 37.8 Å². The number of piperazine rings is 1. The number of fused-ring (bicyclic) bond motifs is 5. The van der Waals surface area contributed by atoms with E-state index in [9.17, 15) is 13.9 Å². The molecule has 9 nitrogen and oxygen atoms in total. The van der Waals surface area contributed by atoms with Crippen molar-refractivity contribution in [1.29, 1.82) is 0 Å². The van der Waals surface area contributed by atoms with Gasteiger partial charge in [0.05, 0.1) is 22.3 Å². The Labute approximate surface area is 290 Å². The van der Waals surface area contributed by atoms with Gasteiger partial charge in [-0.15, -0.1) is 6.42 Å². The lowest BCUT2D eigenvalue weighted by molar-refractivity contribution is 0.108. The van der Waals surface area contributed by atoms with E-state index in [0.29, 0.717) is 26.1 Å². The van der Waals surface area contributed by atoms with Gasteiger partial charge in [-0.05, 0) is 68.7 Å². The zero-order valence-electron chi connectivity index (χ0n) is 30.3. The van der Waals surface area contributed by atoms with Crippen LogP contribution in [0.3, 0.4) is 0 Å². The zero-order chi connectivity index (χ0) is 37.4. The van der Waals surface area contributed by atoms with Gasteiger partial charge in [0.1, 0.15) is 40.6 Å². The minimum atomic E-state index is -3.06. The average molecular weight is 692 g/mol. The number of halogens is 4. The molecule has 4 aliphatic rings. The summed E-state index contributed by atoms with van der Waals surface area (Å²) in [7, 11) is -3.06. The summed E-state index contributed by atoms with van der Waals surface area (Å²) < 4.78 is 95.6. The van der Waals surface area contributed by atoms with Crippen LogP contribution < -0.4 is 19.7 Å². The van der Waals surface area contributed by atoms with E-state index < -0.39 is 47.4 Å². The monoisotopic (exact) mass is 691 g/mol. The molecule has 3 atom stereocenters. The molecule has 0 radical (unpaired) electrons. The first-order valence-corrected chi connectivity index (χ1v) is 16.7. The second-order valence-electron chi connectivity index (χ2n) is 13.9. The lowest BCUT2D eigenvalue weighted by Crippen LogP contribution is -2.59. The van der Waals surface area contributed by atoms with E-state index in [1.54, 1.807) is 0 Å². The molecule has 2 aromatic heterocycles. The molecule has 2 bridgehead atoms. The van der Waals surface area contributed by atoms with Crippen molar-refractivity contribution in [1.82, 2.24) is 25.2 Å². The van der Waals surface area contributed by atoms with Gasteiger partial charge in [-0.25, -0.2) is 13.8 Å². The van der Waals surface area contributed by atoms with Crippen LogP contribution in [0.4, 0.5) is 23.4 Å². The Morgan fingerprint density at radius 3 is 2.84 bits per heavy atom. The molecule has 50 heavy (non-hydrogen) atoms. The fourth-order valence-electron chi connectivity index (χ4n) is 8.60. The number of terminal acetylenes is 1. The third-order valence-electron chi connectivity index (χ3n) is 11.1. The highest BCUT2D eigenvalue weighted by molar-refractivity contribution is 6.04. The van der Waals surface area contributed by atoms with E-state index >= 15 is 8.78 Å². The second-order valence-corrected chi connectivity index (χ2v) is 13.9. The number of rotatable bonds is 7. The summed E-state index contributed by atoms with van der Waals surface area (Å²) >= 11 is 0. The highest BCUT2D eigenvalue weighted by Crippen LogP contribution is 2.45. The standard InChI is InChI=1S/C37H36F4N6O3/c1-4-24-26(38)8-7-20-13-23(48)14-25(27(20)24)30-29(39)31-28(34(42-30)49-3)33(46-17-22-9-11-36(5-2,18-46)45-22)44-35(43-31)50-19-37-10-6-12-47(37)16-21(15-37)32(40)41/h1,7-8,13-14,22,45,48H,5-6,9-12,15-19H2,2-3H3/t22?,36?,37-/m0/s1/i3D3. The van der Waals surface area contributed by atoms with Crippen molar-refractivity contribution in [2.24, 2.45) is 0 Å². The summed E-state index contributed by atoms with van der Waals surface area (Å²) in [6.07, 6.45) is 8.01. The molecule has 4 fully saturated rings. The number of hydrogen-bond donors (Lipinski definition) is 2. The van der Waals surface area contributed by atoms with Gasteiger partial charge in [0, 0.05) is 47.7 Å². The van der Waals surface area contributed by atoms with Crippen LogP contribution in [0.2, 0.25) is 0 Å². The van der Waals surface area contributed by atoms with E-state index in [2.05, 4.69) is 28.1 Å². The number of aromatic hydroxyl groups is 1. The normalized spacial score (nSPS) is 25.8. The molecular formula is C37H36F4N6O3. The lowest BCUT2D eigenvalue weighted by atomic mass is 9.93. The summed E-state index contributed by atoms with van der Waals surface area (Å²) in [6.45, 7) is 3.61. The molecule has 0 aliphatic carbocycles. The SMILES string of the molecule is [2H]C([2H])([2H])Oc1nc(-c2cc(O)cc3ccc(F)c(C#C)c23)c(F)c2nc(OC[C@@]34CCCN3CC(=C(F)F)C4)nc(N3CC4CCC(CC)(C3)N4)c12. The van der Waals surface area contributed by atoms with E-state index in [1.807, 2.05) is 9.80 Å². The first-order chi connectivity index (χ1) is 25.2. The Bertz CT molecular complexity index is 2250. The molecule has 0 amide bonds. The van der Waals surface area contributed by atoms with Crippen LogP contribution in [0.25, 0.3) is 32.9 Å². The van der Waals surface area contributed by atoms with Crippen LogP contribution in [0.5, 0.6) is 17.6 Å². The molecular weight excluding hydrogens is 652 g/mol. The third kappa shape index (κ3) is 5.10. The highest BCUT2D eigenvalue weighted by atomic mass is 19.3. The topological polar surface area (TPSA) is 95.9 Å². The summed E-state index contributed by atoms with van der Waals surface area (Å²) in [5, 5.41) is 14.6. The molecule has 13 heteroatoms. The first-order valence-electron chi connectivity index (χ1n) is 18.2. The quantitative estimate of drug-likeness (QED) is 0.171. The summed E-state index contributed by atoms with van der Waals surface area (Å²) in [4.78, 5) is 17.5. The van der Waals surface area contributed by atoms with Gasteiger partial charge < -0.3 is 24.8 Å². The van der Waals surface area contributed by atoms with Crippen LogP contribution in [0.15, 0.2) is 35.9 Å². The molecule has 0 saturated carbocycles. The van der Waals surface area contributed by atoms with Crippen molar-refractivity contribution >= 4 is 27.5 Å². The van der Waals surface area contributed by atoms with Crippen molar-refractivity contribution in [3.8, 4) is 41.2 Å². The number of anilines is 1. The average Bonchev–Trinajstić information content (AvgIpc) is 3.77. The van der Waals surface area contributed by atoms with Crippen LogP contribution in [0, 0.1) is 24.0 Å². The number of pyridine rings is 1. The van der Waals surface area contributed by atoms with Gasteiger partial charge >= 0.3 is 6.01 Å². The zero-order valence-corrected chi connectivity index (χ0v) is 27.3. The number of methoxy groups -OCH3 is 1. The predicted octanol–water partition coefficient (Wildman–Crippen LogP) is 6.31. The van der Waals surface area contributed by atoms with Crippen molar-refractivity contribution in [3.63, 3.8) is 0 Å². The van der Waals surface area contributed by atoms with Gasteiger partial charge in [0.25, 0.3) is 6.08 Å². The van der Waals surface area contributed by atoms with Crippen LogP contribution in [-0.4, -0.2) is 81.9 Å². The number of nitrogens with zero attached hydrogens (tertiary/aromatic N) is 5. The van der Waals surface area contributed by atoms with E-state index in [1.165, 1.54) is 12.1 Å². The van der Waals surface area contributed by atoms with Gasteiger partial charge in [-0.1, -0.05) is 18.9 Å². The van der Waals surface area contributed by atoms with Crippen molar-refractivity contribution in [2.45, 2.75) is 62.6 Å². The Kier molecular flexibility index (Phi) is 6.98. The van der Waals surface area contributed by atoms with Crippen molar-refractivity contribution < 1.29 is 36.3 Å². The fourth-order valence-corrected chi connectivity index (χ4v) is 8.60. The predicted molar refractivity (Wildman–Crippen MR) is 181 cm³/mol. The highest BCUT2D eigenvalue weighted by Gasteiger charge is 2.49. The Balaban J connectivity index is 1.36. The molecule has 8 rings (SSSR count). The van der Waals surface area contributed by atoms with E-state index in [4.69, 9.17) is 25.0 Å². The molecule has 4 aromatic rings. The number of hydrogen-bond acceptors (Lipinski definition) is 9. The molecule has 0 spiro atoms. The minimum Gasteiger partial charge on any atom is -0.508 e. The lowest BCUT2D eigenvalue weighted by Gasteiger charge is -2.42. The molecule has 2 N–H and O–H groups in total. The smallest absolute Gasteiger partial charge is 0.319 e. The van der Waals surface area contributed by atoms with Gasteiger partial charge in [-0.2, -0.15) is 18.7 Å². The minimum absolute atomic E-state index is 0.0453. The molecule has 2 aromatic carbocycles. The third-order valence-corrected chi connectivity index (χ3v) is 11.1. The Morgan fingerprint density at radius 1 is 1.20 bits per heavy atom. The number of benzene rings is 2. The van der Waals surface area contributed by atoms with Gasteiger partial charge in [0.2, 0.25) is 5.88 Å². The van der Waals surface area contributed by atoms with Crippen LogP contribution >= 0.6 is 0 Å².